The van der Waals surface area contributed by atoms with Crippen LogP contribution >= 0.6 is 12.6 Å². The van der Waals surface area contributed by atoms with Crippen molar-refractivity contribution in [3.05, 3.63) is 0 Å². The molecule has 0 fully saturated rings. The molecule has 0 aliphatic carbocycles. The van der Waals surface area contributed by atoms with E-state index in [0.717, 1.165) is 0 Å². The summed E-state index contributed by atoms with van der Waals surface area (Å²) in [7, 11) is 0. The summed E-state index contributed by atoms with van der Waals surface area (Å²) >= 11 is 3.34. The summed E-state index contributed by atoms with van der Waals surface area (Å²) in [5.74, 6) is -0.645. The van der Waals surface area contributed by atoms with Crippen LogP contribution in [0.5, 0.6) is 0 Å². The van der Waals surface area contributed by atoms with Crippen LogP contribution in [0.1, 0.15) is 13.8 Å². The van der Waals surface area contributed by atoms with E-state index in [4.69, 9.17) is 0 Å². The van der Waals surface area contributed by atoms with Crippen molar-refractivity contribution in [2.45, 2.75) is 13.8 Å². The Kier molecular flexibility index (Phi) is 2.76. The van der Waals surface area contributed by atoms with E-state index < -0.39 is 10.9 Å². The van der Waals surface area contributed by atoms with Crippen molar-refractivity contribution in [3.8, 4) is 0 Å². The van der Waals surface area contributed by atoms with Gasteiger partial charge in [0.15, 0.2) is 0 Å². The smallest absolute Gasteiger partial charge is 0.252 e. The summed E-state index contributed by atoms with van der Waals surface area (Å²) in [6.07, 6.45) is 0. The molecule has 0 radical (unpaired) electrons. The van der Waals surface area contributed by atoms with Crippen LogP contribution in [0.4, 0.5) is 0 Å². The molecule has 8 heavy (non-hydrogen) atoms. The van der Waals surface area contributed by atoms with Gasteiger partial charge in [-0.3, -0.25) is 9.59 Å². The zero-order valence-corrected chi connectivity index (χ0v) is 5.74. The summed E-state index contributed by atoms with van der Waals surface area (Å²) in [5.41, 5.74) is 0. The van der Waals surface area contributed by atoms with Crippen molar-refractivity contribution in [2.24, 2.45) is 5.92 Å². The number of Topliss-reactive ketones (excluding diaryl/α,β-unsaturated/α-hetero) is 1. The Hall–Kier alpha value is -0.310. The summed E-state index contributed by atoms with van der Waals surface area (Å²) in [5, 5.41) is -0.653. The fourth-order valence-corrected chi connectivity index (χ4v) is 0.505. The normalized spacial score (nSPS) is 9.50. The molecule has 0 saturated heterocycles. The Morgan fingerprint density at radius 2 is 1.75 bits per heavy atom. The van der Waals surface area contributed by atoms with Crippen molar-refractivity contribution >= 4 is 23.5 Å². The lowest BCUT2D eigenvalue weighted by molar-refractivity contribution is -0.133. The first kappa shape index (κ1) is 7.69. The summed E-state index contributed by atoms with van der Waals surface area (Å²) < 4.78 is 0. The molecule has 2 nitrogen and oxygen atoms in total. The highest BCUT2D eigenvalue weighted by Gasteiger charge is 2.11. The monoisotopic (exact) mass is 132 g/mol. The van der Waals surface area contributed by atoms with Crippen LogP contribution < -0.4 is 0 Å². The zero-order valence-electron chi connectivity index (χ0n) is 4.84. The highest BCUT2D eigenvalue weighted by Crippen LogP contribution is 1.96. The minimum absolute atomic E-state index is 0.222. The van der Waals surface area contributed by atoms with Gasteiger partial charge >= 0.3 is 0 Å². The molecule has 0 rings (SSSR count). The standard InChI is InChI=1S/C5H8O2S/c1-3(2)4(6)5(7)8/h3H,1-2H3,(H,7,8). The van der Waals surface area contributed by atoms with Crippen LogP contribution in [-0.4, -0.2) is 10.9 Å². The summed E-state index contributed by atoms with van der Waals surface area (Å²) in [6, 6.07) is 0. The van der Waals surface area contributed by atoms with Gasteiger partial charge in [0.05, 0.1) is 0 Å². The fraction of sp³-hybridized carbons (Fsp3) is 0.600. The van der Waals surface area contributed by atoms with Gasteiger partial charge < -0.3 is 0 Å². The van der Waals surface area contributed by atoms with Crippen molar-refractivity contribution in [3.63, 3.8) is 0 Å². The Labute approximate surface area is 53.7 Å². The topological polar surface area (TPSA) is 34.1 Å². The number of rotatable bonds is 2. The van der Waals surface area contributed by atoms with Crippen LogP contribution in [-0.2, 0) is 9.59 Å². The lowest BCUT2D eigenvalue weighted by Gasteiger charge is -1.94. The molecule has 0 unspecified atom stereocenters. The number of carbonyl (C=O) groups excluding carboxylic acids is 2. The van der Waals surface area contributed by atoms with Crippen molar-refractivity contribution in [1.29, 1.82) is 0 Å². The average molecular weight is 132 g/mol. The number of hydrogen-bond donors (Lipinski definition) is 1. The molecule has 0 aliphatic rings. The number of hydrogen-bond acceptors (Lipinski definition) is 2. The van der Waals surface area contributed by atoms with Gasteiger partial charge in [-0.2, -0.15) is 0 Å². The molecular formula is C5H8O2S. The number of carbonyl (C=O) groups is 2. The SMILES string of the molecule is CC(C)C(=O)C(=O)S. The molecule has 0 saturated carbocycles. The van der Waals surface area contributed by atoms with Gasteiger partial charge in [-0.05, 0) is 0 Å². The molecule has 0 aliphatic heterocycles. The third-order valence-electron chi connectivity index (χ3n) is 0.735. The van der Waals surface area contributed by atoms with E-state index in [1.54, 1.807) is 13.8 Å². The number of thiol groups is 1. The lowest BCUT2D eigenvalue weighted by Crippen LogP contribution is -2.13. The second kappa shape index (κ2) is 2.87. The van der Waals surface area contributed by atoms with E-state index in [9.17, 15) is 9.59 Å². The molecule has 0 aromatic carbocycles. The van der Waals surface area contributed by atoms with Gasteiger partial charge in [0.2, 0.25) is 5.78 Å². The fourth-order valence-electron chi connectivity index (χ4n) is 0.247. The summed E-state index contributed by atoms with van der Waals surface area (Å²) in [4.78, 5) is 20.5. The first-order valence-corrected chi connectivity index (χ1v) is 2.77. The van der Waals surface area contributed by atoms with Crippen LogP contribution in [0.2, 0.25) is 0 Å². The van der Waals surface area contributed by atoms with Crippen molar-refractivity contribution < 1.29 is 9.59 Å². The van der Waals surface area contributed by atoms with E-state index in [1.165, 1.54) is 0 Å². The van der Waals surface area contributed by atoms with Gasteiger partial charge in [-0.25, -0.2) is 0 Å². The van der Waals surface area contributed by atoms with Crippen LogP contribution in [0.25, 0.3) is 0 Å². The maximum absolute atomic E-state index is 10.4. The number of ketones is 1. The van der Waals surface area contributed by atoms with E-state index in [2.05, 4.69) is 12.6 Å². The highest BCUT2D eigenvalue weighted by atomic mass is 32.1. The van der Waals surface area contributed by atoms with E-state index in [1.807, 2.05) is 0 Å². The molecule has 0 aromatic heterocycles. The van der Waals surface area contributed by atoms with Gasteiger partial charge in [0.1, 0.15) is 0 Å². The third kappa shape index (κ3) is 2.12. The Morgan fingerprint density at radius 3 is 1.75 bits per heavy atom. The van der Waals surface area contributed by atoms with Crippen LogP contribution in [0.15, 0.2) is 0 Å². The second-order valence-electron chi connectivity index (χ2n) is 1.82. The van der Waals surface area contributed by atoms with E-state index in [-0.39, 0.29) is 5.92 Å². The van der Waals surface area contributed by atoms with Gasteiger partial charge in [-0.15, -0.1) is 0 Å². The molecule has 0 amide bonds. The Morgan fingerprint density at radius 1 is 1.38 bits per heavy atom. The maximum Gasteiger partial charge on any atom is 0.252 e. The first-order chi connectivity index (χ1) is 3.55. The average Bonchev–Trinajstić information content (AvgIpc) is 1.64. The molecule has 0 aromatic rings. The molecule has 0 N–H and O–H groups in total. The maximum atomic E-state index is 10.4. The molecule has 46 valence electrons. The Bertz CT molecular complexity index is 118. The predicted molar refractivity (Wildman–Crippen MR) is 33.8 cm³/mol. The van der Waals surface area contributed by atoms with E-state index in [0.29, 0.717) is 0 Å². The van der Waals surface area contributed by atoms with Gasteiger partial charge in [0, 0.05) is 5.92 Å². The minimum atomic E-state index is -0.653. The largest absolute Gasteiger partial charge is 0.290 e. The van der Waals surface area contributed by atoms with Crippen molar-refractivity contribution in [1.82, 2.24) is 0 Å². The van der Waals surface area contributed by atoms with Crippen LogP contribution in [0, 0.1) is 5.92 Å². The minimum Gasteiger partial charge on any atom is -0.290 e. The molecule has 3 heteroatoms. The van der Waals surface area contributed by atoms with E-state index >= 15 is 0 Å². The van der Waals surface area contributed by atoms with Crippen molar-refractivity contribution in [2.75, 3.05) is 0 Å². The van der Waals surface area contributed by atoms with Gasteiger partial charge in [0.25, 0.3) is 5.12 Å². The molecule has 0 atom stereocenters. The molecule has 0 heterocycles. The highest BCUT2D eigenvalue weighted by molar-refractivity contribution is 7.98. The third-order valence-corrected chi connectivity index (χ3v) is 0.956. The van der Waals surface area contributed by atoms with Crippen LogP contribution in [0.3, 0.4) is 0 Å². The predicted octanol–water partition coefficient (Wildman–Crippen LogP) is 0.668. The molecule has 0 bridgehead atoms. The zero-order chi connectivity index (χ0) is 6.73. The first-order valence-electron chi connectivity index (χ1n) is 2.33. The Balaban J connectivity index is 3.84. The lowest BCUT2D eigenvalue weighted by atomic mass is 10.1. The quantitative estimate of drug-likeness (QED) is 0.442. The molecule has 0 spiro atoms. The molecular weight excluding hydrogens is 124 g/mol. The summed E-state index contributed by atoms with van der Waals surface area (Å²) in [6.45, 7) is 3.33. The second-order valence-corrected chi connectivity index (χ2v) is 2.23. The van der Waals surface area contributed by atoms with Gasteiger partial charge in [-0.1, -0.05) is 26.5 Å².